The molecule has 0 fully saturated rings. The topological polar surface area (TPSA) is 92.5 Å². The van der Waals surface area contributed by atoms with Crippen molar-refractivity contribution in [3.8, 4) is 0 Å². The number of nitro benzene ring substituents is 1. The van der Waals surface area contributed by atoms with Gasteiger partial charge in [0.1, 0.15) is 0 Å². The molecule has 0 bridgehead atoms. The fraction of sp³-hybridized carbons (Fsp3) is 0.500. The summed E-state index contributed by atoms with van der Waals surface area (Å²) in [5.74, 6) is -0.336. The standard InChI is InChI=1S/C14H20N2O4/c1-10-11(5-4-6-12(10)16(19)20)13(18)15-9-14(2,3)7-8-17/h4-6,17H,7-9H2,1-3H3,(H,15,18). The highest BCUT2D eigenvalue weighted by Crippen LogP contribution is 2.22. The Morgan fingerprint density at radius 2 is 2.10 bits per heavy atom. The molecule has 0 aromatic heterocycles. The summed E-state index contributed by atoms with van der Waals surface area (Å²) >= 11 is 0. The number of hydrogen-bond donors (Lipinski definition) is 2. The van der Waals surface area contributed by atoms with Crippen LogP contribution < -0.4 is 5.32 Å². The summed E-state index contributed by atoms with van der Waals surface area (Å²) in [6.45, 7) is 5.88. The van der Waals surface area contributed by atoms with Crippen molar-refractivity contribution in [2.45, 2.75) is 27.2 Å². The first-order chi connectivity index (χ1) is 9.28. The SMILES string of the molecule is Cc1c(C(=O)NCC(C)(C)CCO)cccc1[N+](=O)[O-]. The lowest BCUT2D eigenvalue weighted by Crippen LogP contribution is -2.34. The van der Waals surface area contributed by atoms with Crippen molar-refractivity contribution in [1.82, 2.24) is 5.32 Å². The van der Waals surface area contributed by atoms with Crippen LogP contribution in [0.4, 0.5) is 5.69 Å². The second kappa shape index (κ2) is 6.47. The molecule has 6 nitrogen and oxygen atoms in total. The van der Waals surface area contributed by atoms with E-state index >= 15 is 0 Å². The lowest BCUT2D eigenvalue weighted by atomic mass is 9.89. The molecule has 0 radical (unpaired) electrons. The molecule has 1 rings (SSSR count). The summed E-state index contributed by atoms with van der Waals surface area (Å²) in [6, 6.07) is 4.44. The zero-order valence-electron chi connectivity index (χ0n) is 12.0. The van der Waals surface area contributed by atoms with Crippen molar-refractivity contribution in [3.05, 3.63) is 39.4 Å². The third-order valence-electron chi connectivity index (χ3n) is 3.26. The molecule has 0 atom stereocenters. The number of rotatable bonds is 6. The molecule has 6 heteroatoms. The zero-order valence-corrected chi connectivity index (χ0v) is 12.0. The van der Waals surface area contributed by atoms with Crippen molar-refractivity contribution in [1.29, 1.82) is 0 Å². The van der Waals surface area contributed by atoms with Crippen LogP contribution in [0, 0.1) is 22.5 Å². The highest BCUT2D eigenvalue weighted by atomic mass is 16.6. The number of aliphatic hydroxyl groups is 1. The Kier molecular flexibility index (Phi) is 5.21. The molecule has 20 heavy (non-hydrogen) atoms. The first kappa shape index (κ1) is 16.1. The smallest absolute Gasteiger partial charge is 0.273 e. The summed E-state index contributed by atoms with van der Waals surface area (Å²) in [7, 11) is 0. The van der Waals surface area contributed by atoms with E-state index in [1.165, 1.54) is 12.1 Å². The monoisotopic (exact) mass is 280 g/mol. The van der Waals surface area contributed by atoms with E-state index in [0.717, 1.165) is 0 Å². The summed E-state index contributed by atoms with van der Waals surface area (Å²) in [4.78, 5) is 22.4. The van der Waals surface area contributed by atoms with Crippen LogP contribution in [0.3, 0.4) is 0 Å². The van der Waals surface area contributed by atoms with E-state index in [4.69, 9.17) is 5.11 Å². The largest absolute Gasteiger partial charge is 0.396 e. The Morgan fingerprint density at radius 3 is 2.65 bits per heavy atom. The number of benzene rings is 1. The molecule has 1 aromatic carbocycles. The molecule has 0 aliphatic heterocycles. The van der Waals surface area contributed by atoms with E-state index in [1.807, 2.05) is 13.8 Å². The quantitative estimate of drug-likeness (QED) is 0.616. The van der Waals surface area contributed by atoms with Crippen molar-refractivity contribution in [2.24, 2.45) is 5.41 Å². The second-order valence-electron chi connectivity index (χ2n) is 5.53. The highest BCUT2D eigenvalue weighted by molar-refractivity contribution is 5.96. The van der Waals surface area contributed by atoms with Gasteiger partial charge in [-0.05, 0) is 24.8 Å². The van der Waals surface area contributed by atoms with Gasteiger partial charge >= 0.3 is 0 Å². The van der Waals surface area contributed by atoms with Gasteiger partial charge in [0.25, 0.3) is 11.6 Å². The summed E-state index contributed by atoms with van der Waals surface area (Å²) in [5.41, 5.74) is 0.375. The van der Waals surface area contributed by atoms with Crippen LogP contribution in [0.2, 0.25) is 0 Å². The van der Waals surface area contributed by atoms with Gasteiger partial charge in [-0.2, -0.15) is 0 Å². The first-order valence-electron chi connectivity index (χ1n) is 6.41. The van der Waals surface area contributed by atoms with E-state index in [9.17, 15) is 14.9 Å². The van der Waals surface area contributed by atoms with E-state index < -0.39 is 4.92 Å². The van der Waals surface area contributed by atoms with Crippen LogP contribution in [-0.2, 0) is 0 Å². The molecular formula is C14H20N2O4. The van der Waals surface area contributed by atoms with Crippen LogP contribution in [0.25, 0.3) is 0 Å². The van der Waals surface area contributed by atoms with E-state index in [0.29, 0.717) is 24.1 Å². The van der Waals surface area contributed by atoms with Crippen LogP contribution >= 0.6 is 0 Å². The molecule has 0 aliphatic rings. The van der Waals surface area contributed by atoms with Crippen LogP contribution in [0.15, 0.2) is 18.2 Å². The van der Waals surface area contributed by atoms with Crippen molar-refractivity contribution in [3.63, 3.8) is 0 Å². The average molecular weight is 280 g/mol. The van der Waals surface area contributed by atoms with Gasteiger partial charge in [0.05, 0.1) is 4.92 Å². The van der Waals surface area contributed by atoms with Gasteiger partial charge in [0.2, 0.25) is 0 Å². The lowest BCUT2D eigenvalue weighted by molar-refractivity contribution is -0.385. The number of hydrogen-bond acceptors (Lipinski definition) is 4. The van der Waals surface area contributed by atoms with Gasteiger partial charge in [-0.15, -0.1) is 0 Å². The third kappa shape index (κ3) is 4.03. The van der Waals surface area contributed by atoms with Crippen molar-refractivity contribution < 1.29 is 14.8 Å². The van der Waals surface area contributed by atoms with Crippen LogP contribution in [0.5, 0.6) is 0 Å². The highest BCUT2D eigenvalue weighted by Gasteiger charge is 2.21. The van der Waals surface area contributed by atoms with Gasteiger partial charge < -0.3 is 10.4 Å². The summed E-state index contributed by atoms with van der Waals surface area (Å²) < 4.78 is 0. The lowest BCUT2D eigenvalue weighted by Gasteiger charge is -2.24. The minimum absolute atomic E-state index is 0.0543. The number of carbonyl (C=O) groups is 1. The van der Waals surface area contributed by atoms with E-state index in [1.54, 1.807) is 13.0 Å². The Bertz CT molecular complexity index is 512. The molecule has 1 aromatic rings. The minimum Gasteiger partial charge on any atom is -0.396 e. The number of carbonyl (C=O) groups excluding carboxylic acids is 1. The molecule has 0 saturated carbocycles. The van der Waals surface area contributed by atoms with Gasteiger partial charge in [-0.1, -0.05) is 19.9 Å². The predicted octanol–water partition coefficient (Wildman–Crippen LogP) is 2.04. The Morgan fingerprint density at radius 1 is 1.45 bits per heavy atom. The van der Waals surface area contributed by atoms with Gasteiger partial charge in [0.15, 0.2) is 0 Å². The molecule has 0 spiro atoms. The maximum absolute atomic E-state index is 12.1. The first-order valence-corrected chi connectivity index (χ1v) is 6.41. The molecule has 2 N–H and O–H groups in total. The number of nitro groups is 1. The Balaban J connectivity index is 2.84. The molecular weight excluding hydrogens is 260 g/mol. The average Bonchev–Trinajstić information content (AvgIpc) is 2.36. The summed E-state index contributed by atoms with van der Waals surface area (Å²) in [6.07, 6.45) is 0.571. The van der Waals surface area contributed by atoms with E-state index in [2.05, 4.69) is 5.32 Å². The maximum Gasteiger partial charge on any atom is 0.273 e. The number of nitrogens with zero attached hydrogens (tertiary/aromatic N) is 1. The Labute approximate surface area is 118 Å². The van der Waals surface area contributed by atoms with Gasteiger partial charge in [-0.3, -0.25) is 14.9 Å². The second-order valence-corrected chi connectivity index (χ2v) is 5.53. The fourth-order valence-corrected chi connectivity index (χ4v) is 1.87. The number of aliphatic hydroxyl groups excluding tert-OH is 1. The normalized spacial score (nSPS) is 11.2. The van der Waals surface area contributed by atoms with Crippen LogP contribution in [0.1, 0.15) is 36.2 Å². The molecule has 0 aliphatic carbocycles. The van der Waals surface area contributed by atoms with Crippen molar-refractivity contribution in [2.75, 3.05) is 13.2 Å². The minimum atomic E-state index is -0.498. The maximum atomic E-state index is 12.1. The molecule has 0 unspecified atom stereocenters. The van der Waals surface area contributed by atoms with Crippen molar-refractivity contribution >= 4 is 11.6 Å². The van der Waals surface area contributed by atoms with Gasteiger partial charge in [0, 0.05) is 30.3 Å². The molecule has 0 heterocycles. The molecule has 0 saturated heterocycles. The summed E-state index contributed by atoms with van der Waals surface area (Å²) in [5, 5.41) is 22.5. The fourth-order valence-electron chi connectivity index (χ4n) is 1.87. The van der Waals surface area contributed by atoms with Gasteiger partial charge in [-0.25, -0.2) is 0 Å². The number of amides is 1. The third-order valence-corrected chi connectivity index (χ3v) is 3.26. The molecule has 1 amide bonds. The zero-order chi connectivity index (χ0) is 15.3. The van der Waals surface area contributed by atoms with E-state index in [-0.39, 0.29) is 23.6 Å². The Hall–Kier alpha value is -1.95. The predicted molar refractivity (Wildman–Crippen MR) is 75.7 cm³/mol. The molecule has 110 valence electrons. The van der Waals surface area contributed by atoms with Crippen LogP contribution in [-0.4, -0.2) is 29.1 Å². The number of nitrogens with one attached hydrogen (secondary N) is 1.